The molecule has 5 heteroatoms. The highest BCUT2D eigenvalue weighted by Gasteiger charge is 2.34. The van der Waals surface area contributed by atoms with Crippen LogP contribution in [0.25, 0.3) is 110 Å². The second-order valence-corrected chi connectivity index (χ2v) is 35.3. The van der Waals surface area contributed by atoms with Gasteiger partial charge in [0.05, 0.1) is 66.9 Å². The first-order valence-corrected chi connectivity index (χ1v) is 33.6. The SMILES string of the molecule is CC(C)(C)c1ccc2c(c1)c1cc(C(C)(C)C)ccc1n2-c1cc(-n2c3ccc(C(C)(C)C)cc3c3cc(C(C)(C)C)ccc32)c(-n2c3ccc(C(C)(C)C)cc3c3cc(C(C)(C)C)ccc32)c(C#N)c1-n1c2ccc(C(C)(C)C)cc2c2cc(C(C)(C)C)ccc21. The van der Waals surface area contributed by atoms with E-state index in [1.165, 1.54) is 87.6 Å². The molecule has 0 unspecified atom stereocenters. The summed E-state index contributed by atoms with van der Waals surface area (Å²) in [6.07, 6.45) is 0. The highest BCUT2D eigenvalue weighted by molar-refractivity contribution is 6.16. The fourth-order valence-electron chi connectivity index (χ4n) is 14.4. The first-order chi connectivity index (χ1) is 42.6. The molecule has 0 radical (unpaired) electrons. The Morgan fingerprint density at radius 3 is 0.511 bits per heavy atom. The topological polar surface area (TPSA) is 43.5 Å². The zero-order valence-corrected chi connectivity index (χ0v) is 59.7. The predicted octanol–water partition coefficient (Wildman–Crippen LogP) is 24.3. The summed E-state index contributed by atoms with van der Waals surface area (Å²) in [5.41, 5.74) is 21.8. The minimum atomic E-state index is -0.122. The first-order valence-electron chi connectivity index (χ1n) is 33.6. The Balaban J connectivity index is 1.35. The van der Waals surface area contributed by atoms with Crippen LogP contribution in [-0.2, 0) is 43.3 Å². The van der Waals surface area contributed by atoms with Crippen molar-refractivity contribution in [2.45, 2.75) is 209 Å². The molecule has 13 rings (SSSR count). The largest absolute Gasteiger partial charge is 0.307 e. The molecule has 0 aliphatic carbocycles. The van der Waals surface area contributed by atoms with E-state index in [0.717, 1.165) is 66.9 Å². The van der Waals surface area contributed by atoms with Crippen molar-refractivity contribution in [1.82, 2.24) is 18.3 Å². The fourth-order valence-corrected chi connectivity index (χ4v) is 14.4. The summed E-state index contributed by atoms with van der Waals surface area (Å²) in [5.74, 6) is 0. The number of benzene rings is 9. The van der Waals surface area contributed by atoms with Crippen LogP contribution in [-0.4, -0.2) is 18.3 Å². The van der Waals surface area contributed by atoms with Gasteiger partial charge in [-0.3, -0.25) is 0 Å². The maximum atomic E-state index is 13.3. The van der Waals surface area contributed by atoms with Crippen LogP contribution in [0.15, 0.2) is 152 Å². The highest BCUT2D eigenvalue weighted by atomic mass is 15.1. The van der Waals surface area contributed by atoms with Crippen molar-refractivity contribution in [1.29, 1.82) is 5.26 Å². The smallest absolute Gasteiger partial charge is 0.104 e. The van der Waals surface area contributed by atoms with Crippen LogP contribution in [0, 0.1) is 11.3 Å². The van der Waals surface area contributed by atoms with Gasteiger partial charge in [-0.2, -0.15) is 5.26 Å². The molecule has 0 spiro atoms. The van der Waals surface area contributed by atoms with Crippen LogP contribution in [0.2, 0.25) is 0 Å². The predicted molar refractivity (Wildman–Crippen MR) is 398 cm³/mol. The van der Waals surface area contributed by atoms with Gasteiger partial charge in [-0.25, -0.2) is 0 Å². The van der Waals surface area contributed by atoms with E-state index in [4.69, 9.17) is 0 Å². The van der Waals surface area contributed by atoms with E-state index in [9.17, 15) is 5.26 Å². The minimum absolute atomic E-state index is 0.112. The van der Waals surface area contributed by atoms with Crippen LogP contribution >= 0.6 is 0 Å². The van der Waals surface area contributed by atoms with E-state index in [2.05, 4.69) is 342 Å². The Bertz CT molecular complexity index is 4670. The zero-order chi connectivity index (χ0) is 66.4. The molecule has 5 nitrogen and oxygen atoms in total. The van der Waals surface area contributed by atoms with E-state index in [-0.39, 0.29) is 43.3 Å². The van der Waals surface area contributed by atoms with E-state index in [0.29, 0.717) is 5.56 Å². The molecule has 13 aromatic rings. The van der Waals surface area contributed by atoms with E-state index < -0.39 is 0 Å². The standard InChI is InChI=1S/C87H97N5/c1-80(2,3)51-25-33-68-59(41-51)60-42-52(81(4,5)6)26-34-69(60)89(68)76-49-77(90-70-35-27-53(82(7,8)9)43-61(70)62-44-54(83(10,11)12)28-36-71(62)90)79(92-74-39-31-57(86(19,20)21)47-65(74)66-48-58(87(22,23)24)32-40-75(66)92)67(50-88)78(76)91-72-37-29-55(84(13,14)15)45-63(72)64-46-56(85(16,17)18)30-38-73(64)91/h25-49H,1-24H3. The Morgan fingerprint density at radius 2 is 0.370 bits per heavy atom. The molecule has 92 heavy (non-hydrogen) atoms. The molecule has 0 aliphatic heterocycles. The fraction of sp³-hybridized carbons (Fsp3) is 0.368. The van der Waals surface area contributed by atoms with Crippen molar-refractivity contribution in [3.05, 3.63) is 202 Å². The molecule has 0 saturated carbocycles. The van der Waals surface area contributed by atoms with Gasteiger partial charge >= 0.3 is 0 Å². The number of nitrogens with zero attached hydrogens (tertiary/aromatic N) is 5. The molecule has 0 atom stereocenters. The van der Waals surface area contributed by atoms with Crippen LogP contribution in [0.3, 0.4) is 0 Å². The van der Waals surface area contributed by atoms with Crippen LogP contribution in [0.1, 0.15) is 216 Å². The lowest BCUT2D eigenvalue weighted by molar-refractivity contribution is 0.590. The first kappa shape index (κ1) is 62.5. The van der Waals surface area contributed by atoms with Crippen molar-refractivity contribution in [2.75, 3.05) is 0 Å². The van der Waals surface area contributed by atoms with Crippen molar-refractivity contribution in [2.24, 2.45) is 0 Å². The maximum absolute atomic E-state index is 13.3. The molecule has 470 valence electrons. The van der Waals surface area contributed by atoms with Crippen molar-refractivity contribution < 1.29 is 0 Å². The molecule has 0 N–H and O–H groups in total. The van der Waals surface area contributed by atoms with Gasteiger partial charge in [0.1, 0.15) is 11.6 Å². The summed E-state index contributed by atoms with van der Waals surface area (Å²) in [4.78, 5) is 0. The molecule has 0 aliphatic rings. The summed E-state index contributed by atoms with van der Waals surface area (Å²) in [6.45, 7) is 55.5. The van der Waals surface area contributed by atoms with Gasteiger partial charge in [0, 0.05) is 43.1 Å². The van der Waals surface area contributed by atoms with Crippen molar-refractivity contribution >= 4 is 87.2 Å². The summed E-state index contributed by atoms with van der Waals surface area (Å²) in [5, 5.41) is 22.7. The number of fused-ring (bicyclic) bond motifs is 12. The molecule has 0 fully saturated rings. The second-order valence-electron chi connectivity index (χ2n) is 35.3. The van der Waals surface area contributed by atoms with Crippen molar-refractivity contribution in [3.8, 4) is 28.8 Å². The monoisotopic (exact) mass is 1210 g/mol. The minimum Gasteiger partial charge on any atom is -0.307 e. The van der Waals surface area contributed by atoms with Gasteiger partial charge in [0.15, 0.2) is 0 Å². The normalized spacial score (nSPS) is 13.6. The summed E-state index contributed by atoms with van der Waals surface area (Å²) in [7, 11) is 0. The average molecular weight is 1210 g/mol. The average Bonchev–Trinajstić information content (AvgIpc) is 1.49. The summed E-state index contributed by atoms with van der Waals surface area (Å²) < 4.78 is 10.0. The van der Waals surface area contributed by atoms with Crippen molar-refractivity contribution in [3.63, 3.8) is 0 Å². The molecule has 0 saturated heterocycles. The highest BCUT2D eigenvalue weighted by Crippen LogP contribution is 2.50. The number of hydrogen-bond acceptors (Lipinski definition) is 1. The van der Waals surface area contributed by atoms with Gasteiger partial charge in [-0.15, -0.1) is 0 Å². The van der Waals surface area contributed by atoms with E-state index in [1.54, 1.807) is 0 Å². The molecule has 0 amide bonds. The Morgan fingerprint density at radius 1 is 0.217 bits per heavy atom. The van der Waals surface area contributed by atoms with Gasteiger partial charge in [-0.1, -0.05) is 215 Å². The van der Waals surface area contributed by atoms with Crippen LogP contribution < -0.4 is 0 Å². The number of rotatable bonds is 4. The molecule has 0 bridgehead atoms. The maximum Gasteiger partial charge on any atom is 0.104 e. The third-order valence-corrected chi connectivity index (χ3v) is 20.3. The van der Waals surface area contributed by atoms with Crippen LogP contribution in [0.5, 0.6) is 0 Å². The number of nitriles is 1. The number of hydrogen-bond donors (Lipinski definition) is 0. The summed E-state index contributed by atoms with van der Waals surface area (Å²) in [6, 6.07) is 62.7. The lowest BCUT2D eigenvalue weighted by Crippen LogP contribution is -2.15. The molecular weight excluding hydrogens is 1110 g/mol. The second kappa shape index (κ2) is 20.3. The van der Waals surface area contributed by atoms with Gasteiger partial charge < -0.3 is 18.3 Å². The van der Waals surface area contributed by atoms with Gasteiger partial charge in [-0.05, 0) is 191 Å². The van der Waals surface area contributed by atoms with Gasteiger partial charge in [0.2, 0.25) is 0 Å². The third kappa shape index (κ3) is 10.1. The Kier molecular flexibility index (Phi) is 13.8. The van der Waals surface area contributed by atoms with Gasteiger partial charge in [0.25, 0.3) is 0 Å². The third-order valence-electron chi connectivity index (χ3n) is 20.3. The zero-order valence-electron chi connectivity index (χ0n) is 59.7. The quantitative estimate of drug-likeness (QED) is 0.173. The number of aromatic nitrogens is 4. The Labute approximate surface area is 547 Å². The summed E-state index contributed by atoms with van der Waals surface area (Å²) >= 11 is 0. The lowest BCUT2D eigenvalue weighted by atomic mass is 9.85. The lowest BCUT2D eigenvalue weighted by Gasteiger charge is -2.26. The van der Waals surface area contributed by atoms with E-state index >= 15 is 0 Å². The Hall–Kier alpha value is -8.33. The molecular formula is C87H97N5. The molecule has 4 aromatic heterocycles. The molecule has 9 aromatic carbocycles. The van der Waals surface area contributed by atoms with E-state index in [1.807, 2.05) is 0 Å². The van der Waals surface area contributed by atoms with Crippen LogP contribution in [0.4, 0.5) is 0 Å². The molecule has 4 heterocycles.